The lowest BCUT2D eigenvalue weighted by Gasteiger charge is -2.28. The molecular weight excluding hydrogens is 380 g/mol. The first kappa shape index (κ1) is 18.4. The molecule has 2 amide bonds. The molecule has 2 fully saturated rings. The molecule has 2 saturated heterocycles. The molecule has 0 bridgehead atoms. The molecule has 0 spiro atoms. The van der Waals surface area contributed by atoms with Crippen LogP contribution in [-0.2, 0) is 14.4 Å². The van der Waals surface area contributed by atoms with Crippen LogP contribution in [0.4, 0.5) is 11.4 Å². The van der Waals surface area contributed by atoms with Gasteiger partial charge in [-0.25, -0.2) is 9.96 Å². The molecule has 3 aromatic carbocycles. The molecule has 30 heavy (non-hydrogen) atoms. The topological polar surface area (TPSA) is 70.1 Å². The number of anilines is 2. The van der Waals surface area contributed by atoms with Gasteiger partial charge < -0.3 is 5.11 Å². The lowest BCUT2D eigenvalue weighted by Crippen LogP contribution is -2.37. The predicted molar refractivity (Wildman–Crippen MR) is 112 cm³/mol. The van der Waals surface area contributed by atoms with Crippen molar-refractivity contribution < 1.29 is 19.5 Å². The summed E-state index contributed by atoms with van der Waals surface area (Å²) in [6, 6.07) is 22.9. The molecule has 6 nitrogen and oxygen atoms in total. The maximum Gasteiger partial charge on any atom is 0.266 e. The molecule has 0 aromatic heterocycles. The fraction of sp³-hybridized carbons (Fsp3) is 0.167. The van der Waals surface area contributed by atoms with Crippen LogP contribution in [0.1, 0.15) is 17.2 Å². The van der Waals surface area contributed by atoms with Gasteiger partial charge in [0.25, 0.3) is 5.91 Å². The van der Waals surface area contributed by atoms with E-state index < -0.39 is 18.1 Å². The Kier molecular flexibility index (Phi) is 4.29. The molecular formula is C24H20N2O4. The van der Waals surface area contributed by atoms with E-state index in [0.29, 0.717) is 5.69 Å². The minimum atomic E-state index is -0.905. The van der Waals surface area contributed by atoms with Crippen LogP contribution < -0.4 is 9.96 Å². The molecule has 3 aromatic rings. The Bertz CT molecular complexity index is 1100. The summed E-state index contributed by atoms with van der Waals surface area (Å²) in [5.74, 6) is -1.21. The molecule has 1 N–H and O–H groups in total. The first-order valence-corrected chi connectivity index (χ1v) is 9.79. The van der Waals surface area contributed by atoms with Crippen LogP contribution in [-0.4, -0.2) is 23.0 Å². The van der Waals surface area contributed by atoms with Gasteiger partial charge in [-0.05, 0) is 48.9 Å². The number of hydroxylamine groups is 1. The summed E-state index contributed by atoms with van der Waals surface area (Å²) in [4.78, 5) is 34.0. The van der Waals surface area contributed by atoms with Crippen LogP contribution >= 0.6 is 0 Å². The van der Waals surface area contributed by atoms with Gasteiger partial charge in [0, 0.05) is 0 Å². The van der Waals surface area contributed by atoms with Gasteiger partial charge in [0.2, 0.25) is 5.91 Å². The quantitative estimate of drug-likeness (QED) is 0.678. The molecule has 5 rings (SSSR count). The van der Waals surface area contributed by atoms with Crippen LogP contribution in [0.3, 0.4) is 0 Å². The summed E-state index contributed by atoms with van der Waals surface area (Å²) in [5, 5.41) is 11.3. The van der Waals surface area contributed by atoms with E-state index in [4.69, 9.17) is 4.84 Å². The average molecular weight is 400 g/mol. The number of rotatable bonds is 3. The van der Waals surface area contributed by atoms with E-state index in [-0.39, 0.29) is 17.6 Å². The third-order valence-electron chi connectivity index (χ3n) is 5.65. The van der Waals surface area contributed by atoms with Crippen molar-refractivity contribution in [2.75, 3.05) is 9.96 Å². The first-order valence-electron chi connectivity index (χ1n) is 9.79. The SMILES string of the molecule is Cc1ccc(N2C(=O)[C@@H]3[C@@H](ON(c4ccccc4)[C@H]3c3ccc(O)cc3)C2=O)cc1. The third-order valence-corrected chi connectivity index (χ3v) is 5.65. The third kappa shape index (κ3) is 2.84. The fourth-order valence-electron chi connectivity index (χ4n) is 4.17. The van der Waals surface area contributed by atoms with Gasteiger partial charge >= 0.3 is 0 Å². The largest absolute Gasteiger partial charge is 0.508 e. The Labute approximate surface area is 173 Å². The zero-order chi connectivity index (χ0) is 20.8. The van der Waals surface area contributed by atoms with Gasteiger partial charge in [-0.3, -0.25) is 14.4 Å². The number of hydrogen-bond acceptors (Lipinski definition) is 5. The highest BCUT2D eigenvalue weighted by Gasteiger charge is 2.60. The smallest absolute Gasteiger partial charge is 0.266 e. The number of fused-ring (bicyclic) bond motifs is 1. The van der Waals surface area contributed by atoms with E-state index in [1.807, 2.05) is 49.4 Å². The molecule has 0 aliphatic carbocycles. The molecule has 0 saturated carbocycles. The summed E-state index contributed by atoms with van der Waals surface area (Å²) in [5.41, 5.74) is 3.14. The number of nitrogens with zero attached hydrogens (tertiary/aromatic N) is 2. The Hall–Kier alpha value is -3.64. The number of carbonyl (C=O) groups excluding carboxylic acids is 2. The van der Waals surface area contributed by atoms with Crippen LogP contribution in [0.15, 0.2) is 78.9 Å². The Morgan fingerprint density at radius 2 is 1.47 bits per heavy atom. The summed E-state index contributed by atoms with van der Waals surface area (Å²) in [7, 11) is 0. The maximum absolute atomic E-state index is 13.5. The molecule has 0 radical (unpaired) electrons. The molecule has 150 valence electrons. The van der Waals surface area contributed by atoms with Gasteiger partial charge in [0.1, 0.15) is 11.7 Å². The number of para-hydroxylation sites is 1. The van der Waals surface area contributed by atoms with E-state index in [1.54, 1.807) is 41.5 Å². The highest BCUT2D eigenvalue weighted by Crippen LogP contribution is 2.47. The number of amides is 2. The second kappa shape index (κ2) is 7.00. The van der Waals surface area contributed by atoms with E-state index in [1.165, 1.54) is 4.90 Å². The van der Waals surface area contributed by atoms with Crippen LogP contribution in [0.2, 0.25) is 0 Å². The summed E-state index contributed by atoms with van der Waals surface area (Å²) in [6.45, 7) is 1.95. The monoisotopic (exact) mass is 400 g/mol. The summed E-state index contributed by atoms with van der Waals surface area (Å²) >= 11 is 0. The second-order valence-electron chi connectivity index (χ2n) is 7.60. The van der Waals surface area contributed by atoms with Crippen LogP contribution in [0.5, 0.6) is 5.75 Å². The van der Waals surface area contributed by atoms with Crippen molar-refractivity contribution in [3.8, 4) is 5.75 Å². The summed E-state index contributed by atoms with van der Waals surface area (Å²) in [6.07, 6.45) is -0.905. The Morgan fingerprint density at radius 3 is 2.13 bits per heavy atom. The van der Waals surface area contributed by atoms with E-state index in [2.05, 4.69) is 0 Å². The Morgan fingerprint density at radius 1 is 0.800 bits per heavy atom. The van der Waals surface area contributed by atoms with Gasteiger partial charge in [-0.2, -0.15) is 0 Å². The van der Waals surface area contributed by atoms with Crippen molar-refractivity contribution in [1.29, 1.82) is 0 Å². The minimum absolute atomic E-state index is 0.135. The number of aryl methyl sites for hydroxylation is 1. The number of phenols is 1. The lowest BCUT2D eigenvalue weighted by atomic mass is 9.90. The van der Waals surface area contributed by atoms with Gasteiger partial charge in [0.15, 0.2) is 6.10 Å². The van der Waals surface area contributed by atoms with Crippen LogP contribution in [0, 0.1) is 12.8 Å². The molecule has 6 heteroatoms. The van der Waals surface area contributed by atoms with Crippen molar-refractivity contribution >= 4 is 23.2 Å². The number of phenolic OH excluding ortho intramolecular Hbond substituents is 1. The number of aromatic hydroxyl groups is 1. The zero-order valence-electron chi connectivity index (χ0n) is 16.3. The number of benzene rings is 3. The number of carbonyl (C=O) groups is 2. The molecule has 2 heterocycles. The lowest BCUT2D eigenvalue weighted by molar-refractivity contribution is -0.126. The first-order chi connectivity index (χ1) is 14.5. The van der Waals surface area contributed by atoms with E-state index in [9.17, 15) is 14.7 Å². The molecule has 2 aliphatic rings. The number of hydrogen-bond donors (Lipinski definition) is 1. The van der Waals surface area contributed by atoms with E-state index >= 15 is 0 Å². The highest BCUT2D eigenvalue weighted by molar-refractivity contribution is 6.23. The zero-order valence-corrected chi connectivity index (χ0v) is 16.3. The Balaban J connectivity index is 1.58. The van der Waals surface area contributed by atoms with Crippen molar-refractivity contribution in [2.45, 2.75) is 19.1 Å². The maximum atomic E-state index is 13.5. The normalized spacial score (nSPS) is 23.2. The van der Waals surface area contributed by atoms with Crippen molar-refractivity contribution in [1.82, 2.24) is 0 Å². The molecule has 0 unspecified atom stereocenters. The van der Waals surface area contributed by atoms with Crippen molar-refractivity contribution in [3.63, 3.8) is 0 Å². The van der Waals surface area contributed by atoms with Crippen molar-refractivity contribution in [2.24, 2.45) is 5.92 Å². The minimum Gasteiger partial charge on any atom is -0.508 e. The average Bonchev–Trinajstić information content (AvgIpc) is 3.27. The van der Waals surface area contributed by atoms with Gasteiger partial charge in [0.05, 0.1) is 17.4 Å². The van der Waals surface area contributed by atoms with Gasteiger partial charge in [-0.15, -0.1) is 0 Å². The predicted octanol–water partition coefficient (Wildman–Crippen LogP) is 3.75. The molecule has 2 aliphatic heterocycles. The van der Waals surface area contributed by atoms with E-state index in [0.717, 1.165) is 16.8 Å². The molecule has 3 atom stereocenters. The second-order valence-corrected chi connectivity index (χ2v) is 7.60. The van der Waals surface area contributed by atoms with Crippen LogP contribution in [0.25, 0.3) is 0 Å². The van der Waals surface area contributed by atoms with Gasteiger partial charge in [-0.1, -0.05) is 48.0 Å². The highest BCUT2D eigenvalue weighted by atomic mass is 16.7. The standard InChI is InChI=1S/C24H20N2O4/c1-15-7-11-17(12-8-15)25-23(28)20-21(16-9-13-19(27)14-10-16)26(30-22(20)24(25)29)18-5-3-2-4-6-18/h2-14,20-22,27H,1H3/t20-,21-,22+/m0/s1. The fourth-order valence-corrected chi connectivity index (χ4v) is 4.17. The van der Waals surface area contributed by atoms with Crippen molar-refractivity contribution in [3.05, 3.63) is 90.0 Å². The summed E-state index contributed by atoms with van der Waals surface area (Å²) < 4.78 is 0. The number of imide groups is 1.